The summed E-state index contributed by atoms with van der Waals surface area (Å²) in [7, 11) is -3.39. The van der Waals surface area contributed by atoms with E-state index in [9.17, 15) is 74.7 Å². The van der Waals surface area contributed by atoms with Gasteiger partial charge in [0.2, 0.25) is 71.0 Å². The number of imide groups is 1. The van der Waals surface area contributed by atoms with Crippen molar-refractivity contribution in [3.8, 4) is 45.6 Å². The summed E-state index contributed by atoms with van der Waals surface area (Å²) >= 11 is 7.34. The van der Waals surface area contributed by atoms with Crippen LogP contribution in [0, 0.1) is 36.5 Å². The number of hydrogen-bond acceptors (Lipinski definition) is 28. The number of aliphatic hydroxyl groups is 8. The molecule has 706 valence electrons. The minimum Gasteiger partial charge on any atom is -0.508 e. The molecular weight excluding hydrogens is 1730 g/mol. The quantitative estimate of drug-likeness (QED) is 0.0215. The van der Waals surface area contributed by atoms with Gasteiger partial charge in [0.15, 0.2) is 23.9 Å². The molecule has 0 radical (unpaired) electrons. The summed E-state index contributed by atoms with van der Waals surface area (Å²) in [5.74, 6) is -16.2. The first-order valence-electron chi connectivity index (χ1n) is 44.4. The second kappa shape index (κ2) is 39.8. The Balaban J connectivity index is 0.976. The van der Waals surface area contributed by atoms with E-state index in [1.54, 1.807) is 0 Å². The number of phenols is 1. The van der Waals surface area contributed by atoms with Crippen molar-refractivity contribution in [3.05, 3.63) is 128 Å². The maximum absolute atomic E-state index is 16.8. The molecular formula is C90H117ClN11O27P. The monoisotopic (exact) mass is 1850 g/mol. The van der Waals surface area contributed by atoms with Crippen LogP contribution in [0.2, 0.25) is 5.02 Å². The van der Waals surface area contributed by atoms with Crippen LogP contribution in [0.1, 0.15) is 218 Å². The Labute approximate surface area is 754 Å². The number of rotatable bonds is 26. The minimum atomic E-state index is -4.88. The molecule has 5 aliphatic carbocycles. The molecule has 38 nitrogen and oxygen atoms in total. The fraction of sp³-hybridized carbons (Fsp3) is 0.567. The van der Waals surface area contributed by atoms with Gasteiger partial charge in [0.05, 0.1) is 42.6 Å². The van der Waals surface area contributed by atoms with E-state index in [4.69, 9.17) is 45.8 Å². The average molecular weight is 1850 g/mol. The number of nitrogens with one attached hydrogen (secondary N) is 10. The van der Waals surface area contributed by atoms with Crippen molar-refractivity contribution in [2.24, 2.45) is 35.3 Å². The van der Waals surface area contributed by atoms with Crippen molar-refractivity contribution in [3.63, 3.8) is 0 Å². The van der Waals surface area contributed by atoms with Gasteiger partial charge in [0, 0.05) is 47.7 Å². The number of hydrogen-bond donors (Lipinski definition) is 22. The van der Waals surface area contributed by atoms with E-state index in [1.165, 1.54) is 64.2 Å². The van der Waals surface area contributed by atoms with Crippen molar-refractivity contribution in [2.45, 2.75) is 272 Å². The summed E-state index contributed by atoms with van der Waals surface area (Å²) in [6, 6.07) is -0.482. The van der Waals surface area contributed by atoms with E-state index < -0.39 is 252 Å². The van der Waals surface area contributed by atoms with Gasteiger partial charge in [-0.2, -0.15) is 0 Å². The zero-order chi connectivity index (χ0) is 93.6. The summed E-state index contributed by atoms with van der Waals surface area (Å²) in [6.45, 7) is 8.60. The van der Waals surface area contributed by atoms with Gasteiger partial charge in [0.25, 0.3) is 0 Å². The predicted molar refractivity (Wildman–Crippen MR) is 463 cm³/mol. The van der Waals surface area contributed by atoms with Crippen LogP contribution >= 0.6 is 19.2 Å². The Morgan fingerprint density at radius 3 is 1.98 bits per heavy atom. The number of nitrogens with two attached hydrogens (primary N) is 1. The van der Waals surface area contributed by atoms with Crippen LogP contribution in [0.3, 0.4) is 0 Å². The molecule has 6 fully saturated rings. The van der Waals surface area contributed by atoms with E-state index in [1.807, 2.05) is 13.8 Å². The fourth-order valence-corrected chi connectivity index (χ4v) is 20.7. The highest BCUT2D eigenvalue weighted by Crippen LogP contribution is 2.57. The molecule has 17 rings (SSSR count). The molecule has 5 aromatic rings. The standard InChI is InChI=1S/C90H117ClN11O27P/c1-8-9-10-11-12-13-14-15-63(105)96-64(106)34-56-82(113)98-70-49-31-60(125-58-20-17-45(23-40(58)4)74(107)72(86(117)95-56)101-81(112)55(93-7)22-39(2)3)78(129-88-79(77(110)76(109)62(37-103)127-88)128-65-35-89(6,92)80(111)41(5)124-65)61(32-49)126-59-21-18-46(30-54(59)91)75(108)73-87(118)100-71(85(116)97-68-47-25-42-24-43(27-47)28-48(68)26-42)51-33-57(104)52(36-94-38-130(121,122)123)67-66(51)50-29-44(16-19-53(50)90(67,119)120)69(83(114)102-73)99-84(70)115/h16-21,23,29-33,39,41-43,47-48,55-56,62,65,68-77,79-80,88,93-94,103-104,107-111,119-120H,8-15,22,24-28,34-38,92H2,1-7H3,(H,95,117)(H,97,116)(H,98,113)(H,99,115)(H,100,118)(H,101,112)(H,102,114)(H,96,105,106)(H2,121,122,123)/t41-,42?,43?,47?,48?,55+,56-,62+,65-,68?,69+,70+,71-,72+,73-,74+,75+,76+,77-,79+,80+,88-,89-/m0/s1. The molecule has 15 bridgehead atoms. The van der Waals surface area contributed by atoms with Crippen molar-refractivity contribution >= 4 is 72.4 Å². The number of carbonyl (C=O) groups excluding carboxylic acids is 9. The number of fused-ring (bicyclic) bond motifs is 12. The number of aryl methyl sites for hydroxylation is 1. The van der Waals surface area contributed by atoms with Crippen LogP contribution < -0.4 is 73.1 Å². The van der Waals surface area contributed by atoms with Crippen LogP contribution in [0.25, 0.3) is 11.1 Å². The van der Waals surface area contributed by atoms with Crippen molar-refractivity contribution in [2.75, 3.05) is 19.9 Å². The normalized spacial score (nSPS) is 30.5. The summed E-state index contributed by atoms with van der Waals surface area (Å²) in [5.41, 5.74) is 2.07. The zero-order valence-electron chi connectivity index (χ0n) is 73.0. The predicted octanol–water partition coefficient (Wildman–Crippen LogP) is 3.23. The lowest BCUT2D eigenvalue weighted by Crippen LogP contribution is -2.64. The SMILES string of the molecule is CCCCCCCCCC(=O)NC(=O)C[C@@H]1NC(=O)[C@H](NC(=O)[C@@H](CC(C)C)NC)[C@H](O)c2ccc(c(C)c2)Oc2cc3cc(c2O[C@@H]2O[C@H](CO)[C@@H](O)[C@H](O)[C@H]2O[C@H]2C[C@](C)(N)[C@H](O)[C@H](C)O2)Oc2ccc(cc2Cl)[C@@H](O)[C@@H]2NC(=O)[C@H](NC(=O)[C@@H]3NC1=O)c1ccc3c(c1)-c1c(cc(O)c(CNCP(=O)(O)O)c1C3(O)O)[C@@H](C(=O)NC1C3CC4CC(C3)CC1C4)NC2=O. The lowest BCUT2D eigenvalue weighted by Gasteiger charge is -2.54. The van der Waals surface area contributed by atoms with E-state index in [-0.39, 0.29) is 93.0 Å². The molecule has 0 unspecified atom stereocenters. The Morgan fingerprint density at radius 2 is 1.34 bits per heavy atom. The topological polar surface area (TPSA) is 595 Å². The second-order valence-electron chi connectivity index (χ2n) is 36.8. The van der Waals surface area contributed by atoms with Gasteiger partial charge in [-0.3, -0.25) is 53.0 Å². The Kier molecular flexibility index (Phi) is 29.6. The first kappa shape index (κ1) is 96.7. The maximum Gasteiger partial charge on any atom is 0.339 e. The van der Waals surface area contributed by atoms with Gasteiger partial charge >= 0.3 is 7.60 Å². The van der Waals surface area contributed by atoms with Crippen LogP contribution in [0.15, 0.2) is 72.8 Å². The van der Waals surface area contributed by atoms with E-state index >= 15 is 28.8 Å². The van der Waals surface area contributed by atoms with Gasteiger partial charge in [-0.1, -0.05) is 95.2 Å². The third-order valence-corrected chi connectivity index (χ3v) is 27.4. The smallest absolute Gasteiger partial charge is 0.339 e. The Hall–Kier alpha value is -9.39. The fourth-order valence-electron chi connectivity index (χ4n) is 20.0. The number of halogens is 1. The summed E-state index contributed by atoms with van der Waals surface area (Å²) in [5, 5.41) is 136. The lowest BCUT2D eigenvalue weighted by atomic mass is 9.54. The number of benzene rings is 5. The van der Waals surface area contributed by atoms with E-state index in [0.29, 0.717) is 24.7 Å². The van der Waals surface area contributed by atoms with Crippen LogP contribution in [0.5, 0.6) is 34.5 Å². The van der Waals surface area contributed by atoms with Gasteiger partial charge in [0.1, 0.15) is 84.0 Å². The van der Waals surface area contributed by atoms with Crippen LogP contribution in [0.4, 0.5) is 0 Å². The maximum atomic E-state index is 16.8. The highest BCUT2D eigenvalue weighted by molar-refractivity contribution is 7.51. The Morgan fingerprint density at radius 1 is 0.708 bits per heavy atom. The molecule has 40 heteroatoms. The third kappa shape index (κ3) is 20.8. The number of unbranched alkanes of at least 4 members (excludes halogenated alkanes) is 6. The van der Waals surface area contributed by atoms with Gasteiger partial charge < -0.3 is 138 Å². The van der Waals surface area contributed by atoms with E-state index in [2.05, 4.69) is 60.1 Å². The first-order chi connectivity index (χ1) is 61.6. The summed E-state index contributed by atoms with van der Waals surface area (Å²) in [6.07, 6.45) is -10.1. The molecule has 7 aliphatic heterocycles. The molecule has 7 heterocycles. The lowest BCUT2D eigenvalue weighted by molar-refractivity contribution is -0.333. The molecule has 0 aromatic heterocycles. The molecule has 130 heavy (non-hydrogen) atoms. The number of carbonyl (C=O) groups is 9. The second-order valence-corrected chi connectivity index (χ2v) is 38.8. The number of aromatic hydroxyl groups is 1. The highest BCUT2D eigenvalue weighted by atomic mass is 35.5. The average Bonchev–Trinajstić information content (AvgIpc) is 1.54. The van der Waals surface area contributed by atoms with Crippen LogP contribution in [-0.4, -0.2) is 214 Å². The molecule has 12 aliphatic rings. The number of amides is 9. The van der Waals surface area contributed by atoms with Gasteiger partial charge in [-0.05, 0) is 195 Å². The molecule has 4 saturated carbocycles. The number of phenolic OH excluding ortho intramolecular Hbond substituents is 1. The van der Waals surface area contributed by atoms with Gasteiger partial charge in [-0.15, -0.1) is 0 Å². The Bertz CT molecular complexity index is 5160. The highest BCUT2D eigenvalue weighted by Gasteiger charge is 2.55. The first-order valence-corrected chi connectivity index (χ1v) is 46.5. The molecule has 2 saturated heterocycles. The minimum absolute atomic E-state index is 0.00202. The number of aliphatic hydroxyl groups excluding tert-OH is 6. The third-order valence-electron chi connectivity index (χ3n) is 26.5. The van der Waals surface area contributed by atoms with Crippen molar-refractivity contribution < 1.29 is 132 Å². The number of likely N-dealkylation sites (N-methyl/N-ethyl adjacent to an activating group) is 1. The molecule has 18 atom stereocenters. The zero-order valence-corrected chi connectivity index (χ0v) is 74.6. The molecule has 0 spiro atoms. The summed E-state index contributed by atoms with van der Waals surface area (Å²) < 4.78 is 51.8. The van der Waals surface area contributed by atoms with Crippen LogP contribution in [-0.2, 0) is 74.3 Å². The largest absolute Gasteiger partial charge is 0.508 e. The molecule has 23 N–H and O–H groups in total. The summed E-state index contributed by atoms with van der Waals surface area (Å²) in [4.78, 5) is 160. The molecule has 9 amide bonds. The van der Waals surface area contributed by atoms with E-state index in [0.717, 1.165) is 101 Å². The molecule has 5 aromatic carbocycles. The van der Waals surface area contributed by atoms with Gasteiger partial charge in [-0.25, -0.2) is 0 Å². The van der Waals surface area contributed by atoms with Crippen molar-refractivity contribution in [1.82, 2.24) is 53.2 Å². The van der Waals surface area contributed by atoms with Crippen molar-refractivity contribution in [1.29, 1.82) is 0 Å². The number of ether oxygens (including phenoxy) is 6.